The summed E-state index contributed by atoms with van der Waals surface area (Å²) in [7, 11) is 0. The number of hydrogen-bond acceptors (Lipinski definition) is 1. The molecule has 0 fully saturated rings. The van der Waals surface area contributed by atoms with Crippen LogP contribution in [0.2, 0.25) is 0 Å². The third-order valence-electron chi connectivity index (χ3n) is 3.68. The molecule has 0 spiro atoms. The van der Waals surface area contributed by atoms with Gasteiger partial charge in [-0.3, -0.25) is 4.79 Å². The minimum atomic E-state index is 0.107. The first-order valence-corrected chi connectivity index (χ1v) is 7.57. The van der Waals surface area contributed by atoms with E-state index < -0.39 is 0 Å². The molecule has 2 aromatic rings. The summed E-state index contributed by atoms with van der Waals surface area (Å²) in [5.41, 5.74) is 4.93. The molecular formula is C19H23NO. The standard InChI is InChI=1S/C19H23NO/c1-3-16-8-10-17(11-9-16)12-13-19(21)20-14-18-6-4-15(2)5-7-18/h4-11H,3,12-14H2,1-2H3,(H,20,21). The largest absolute Gasteiger partial charge is 0.352 e. The van der Waals surface area contributed by atoms with E-state index in [0.717, 1.165) is 18.4 Å². The first kappa shape index (κ1) is 15.3. The van der Waals surface area contributed by atoms with Gasteiger partial charge in [0.2, 0.25) is 5.91 Å². The number of amides is 1. The summed E-state index contributed by atoms with van der Waals surface area (Å²) in [6.45, 7) is 4.81. The molecule has 0 unspecified atom stereocenters. The Morgan fingerprint density at radius 3 is 2.10 bits per heavy atom. The zero-order chi connectivity index (χ0) is 15.1. The maximum absolute atomic E-state index is 11.9. The van der Waals surface area contributed by atoms with Crippen molar-refractivity contribution in [1.82, 2.24) is 5.32 Å². The van der Waals surface area contributed by atoms with Crippen molar-refractivity contribution in [2.75, 3.05) is 0 Å². The summed E-state index contributed by atoms with van der Waals surface area (Å²) in [5, 5.41) is 2.97. The van der Waals surface area contributed by atoms with Gasteiger partial charge in [0.15, 0.2) is 0 Å². The maximum atomic E-state index is 11.9. The van der Waals surface area contributed by atoms with E-state index in [0.29, 0.717) is 13.0 Å². The Balaban J connectivity index is 1.75. The molecule has 0 atom stereocenters. The number of hydrogen-bond donors (Lipinski definition) is 1. The smallest absolute Gasteiger partial charge is 0.220 e. The van der Waals surface area contributed by atoms with E-state index >= 15 is 0 Å². The van der Waals surface area contributed by atoms with Crippen LogP contribution in [0.15, 0.2) is 48.5 Å². The van der Waals surface area contributed by atoms with Crippen LogP contribution in [0, 0.1) is 6.92 Å². The van der Waals surface area contributed by atoms with Gasteiger partial charge in [0, 0.05) is 13.0 Å². The molecule has 0 aromatic heterocycles. The molecule has 0 heterocycles. The molecule has 0 bridgehead atoms. The highest BCUT2D eigenvalue weighted by atomic mass is 16.1. The van der Waals surface area contributed by atoms with Crippen molar-refractivity contribution in [3.05, 3.63) is 70.8 Å². The van der Waals surface area contributed by atoms with Gasteiger partial charge in [-0.25, -0.2) is 0 Å². The summed E-state index contributed by atoms with van der Waals surface area (Å²) < 4.78 is 0. The lowest BCUT2D eigenvalue weighted by atomic mass is 10.1. The van der Waals surface area contributed by atoms with Crippen molar-refractivity contribution in [1.29, 1.82) is 0 Å². The predicted molar refractivity (Wildman–Crippen MR) is 87.2 cm³/mol. The van der Waals surface area contributed by atoms with Gasteiger partial charge >= 0.3 is 0 Å². The zero-order valence-corrected chi connectivity index (χ0v) is 12.9. The van der Waals surface area contributed by atoms with E-state index in [1.807, 2.05) is 0 Å². The Hall–Kier alpha value is -2.09. The van der Waals surface area contributed by atoms with Crippen LogP contribution in [0.4, 0.5) is 0 Å². The second-order valence-electron chi connectivity index (χ2n) is 5.43. The van der Waals surface area contributed by atoms with Gasteiger partial charge in [-0.05, 0) is 36.5 Å². The number of carbonyl (C=O) groups is 1. The van der Waals surface area contributed by atoms with Gasteiger partial charge in [-0.15, -0.1) is 0 Å². The van der Waals surface area contributed by atoms with Crippen LogP contribution in [0.5, 0.6) is 0 Å². The van der Waals surface area contributed by atoms with Crippen molar-refractivity contribution in [3.8, 4) is 0 Å². The van der Waals surface area contributed by atoms with Crippen molar-refractivity contribution in [3.63, 3.8) is 0 Å². The van der Waals surface area contributed by atoms with Crippen molar-refractivity contribution >= 4 is 5.91 Å². The Morgan fingerprint density at radius 2 is 1.48 bits per heavy atom. The molecule has 1 amide bonds. The van der Waals surface area contributed by atoms with Crippen LogP contribution in [-0.2, 0) is 24.2 Å². The van der Waals surface area contributed by atoms with Crippen LogP contribution in [0.1, 0.15) is 35.6 Å². The molecule has 0 radical (unpaired) electrons. The minimum Gasteiger partial charge on any atom is -0.352 e. The van der Waals surface area contributed by atoms with Gasteiger partial charge in [-0.1, -0.05) is 61.0 Å². The van der Waals surface area contributed by atoms with E-state index in [2.05, 4.69) is 67.7 Å². The van der Waals surface area contributed by atoms with Gasteiger partial charge in [0.25, 0.3) is 0 Å². The van der Waals surface area contributed by atoms with Crippen molar-refractivity contribution < 1.29 is 4.79 Å². The normalized spacial score (nSPS) is 10.4. The summed E-state index contributed by atoms with van der Waals surface area (Å²) in [4.78, 5) is 11.9. The average molecular weight is 281 g/mol. The van der Waals surface area contributed by atoms with E-state index in [-0.39, 0.29) is 5.91 Å². The van der Waals surface area contributed by atoms with E-state index in [4.69, 9.17) is 0 Å². The summed E-state index contributed by atoms with van der Waals surface area (Å²) >= 11 is 0. The molecule has 0 aliphatic rings. The topological polar surface area (TPSA) is 29.1 Å². The highest BCUT2D eigenvalue weighted by molar-refractivity contribution is 5.76. The second-order valence-corrected chi connectivity index (χ2v) is 5.43. The maximum Gasteiger partial charge on any atom is 0.220 e. The summed E-state index contributed by atoms with van der Waals surface area (Å²) in [6.07, 6.45) is 2.39. The third kappa shape index (κ3) is 5.07. The summed E-state index contributed by atoms with van der Waals surface area (Å²) in [5.74, 6) is 0.107. The van der Waals surface area contributed by atoms with E-state index in [1.165, 1.54) is 16.7 Å². The van der Waals surface area contributed by atoms with Gasteiger partial charge in [0.1, 0.15) is 0 Å². The lowest BCUT2D eigenvalue weighted by molar-refractivity contribution is -0.121. The molecule has 1 N–H and O–H groups in total. The van der Waals surface area contributed by atoms with E-state index in [1.54, 1.807) is 0 Å². The van der Waals surface area contributed by atoms with E-state index in [9.17, 15) is 4.79 Å². The number of rotatable bonds is 6. The predicted octanol–water partition coefficient (Wildman–Crippen LogP) is 3.81. The first-order chi connectivity index (χ1) is 10.2. The Kier molecular flexibility index (Phi) is 5.56. The monoisotopic (exact) mass is 281 g/mol. The molecule has 2 nitrogen and oxygen atoms in total. The Bertz CT molecular complexity index is 570. The zero-order valence-electron chi connectivity index (χ0n) is 12.9. The number of carbonyl (C=O) groups excluding carboxylic acids is 1. The third-order valence-corrected chi connectivity index (χ3v) is 3.68. The molecular weight excluding hydrogens is 258 g/mol. The molecule has 0 saturated heterocycles. The molecule has 110 valence electrons. The highest BCUT2D eigenvalue weighted by Crippen LogP contribution is 2.07. The minimum absolute atomic E-state index is 0.107. The van der Waals surface area contributed by atoms with Gasteiger partial charge in [0.05, 0.1) is 0 Å². The van der Waals surface area contributed by atoms with Crippen LogP contribution < -0.4 is 5.32 Å². The molecule has 2 heteroatoms. The van der Waals surface area contributed by atoms with Crippen molar-refractivity contribution in [2.45, 2.75) is 39.7 Å². The van der Waals surface area contributed by atoms with Gasteiger partial charge in [-0.2, -0.15) is 0 Å². The molecule has 2 aromatic carbocycles. The first-order valence-electron chi connectivity index (χ1n) is 7.57. The SMILES string of the molecule is CCc1ccc(CCC(=O)NCc2ccc(C)cc2)cc1. The van der Waals surface area contributed by atoms with Crippen LogP contribution in [0.25, 0.3) is 0 Å². The van der Waals surface area contributed by atoms with Crippen molar-refractivity contribution in [2.24, 2.45) is 0 Å². The van der Waals surface area contributed by atoms with Crippen LogP contribution in [-0.4, -0.2) is 5.91 Å². The molecule has 2 rings (SSSR count). The number of aryl methyl sites for hydroxylation is 3. The van der Waals surface area contributed by atoms with Crippen LogP contribution >= 0.6 is 0 Å². The second kappa shape index (κ2) is 7.63. The fourth-order valence-electron chi connectivity index (χ4n) is 2.19. The molecule has 0 saturated carbocycles. The lowest BCUT2D eigenvalue weighted by Crippen LogP contribution is -2.22. The number of benzene rings is 2. The lowest BCUT2D eigenvalue weighted by Gasteiger charge is -2.06. The fourth-order valence-corrected chi connectivity index (χ4v) is 2.19. The average Bonchev–Trinajstić information content (AvgIpc) is 2.53. The fraction of sp³-hybridized carbons (Fsp3) is 0.316. The number of nitrogens with one attached hydrogen (secondary N) is 1. The van der Waals surface area contributed by atoms with Crippen LogP contribution in [0.3, 0.4) is 0 Å². The summed E-state index contributed by atoms with van der Waals surface area (Å²) in [6, 6.07) is 16.8. The highest BCUT2D eigenvalue weighted by Gasteiger charge is 2.02. The molecule has 0 aliphatic carbocycles. The molecule has 21 heavy (non-hydrogen) atoms. The Morgan fingerprint density at radius 1 is 0.905 bits per heavy atom. The Labute approximate surface area is 127 Å². The molecule has 0 aliphatic heterocycles. The van der Waals surface area contributed by atoms with Gasteiger partial charge < -0.3 is 5.32 Å². The quantitative estimate of drug-likeness (QED) is 0.857.